The van der Waals surface area contributed by atoms with Gasteiger partial charge in [-0.15, -0.1) is 0 Å². The normalized spacial score (nSPS) is 25.3. The molecule has 1 aromatic rings. The highest BCUT2D eigenvalue weighted by molar-refractivity contribution is 5.93. The molecule has 2 N–H and O–H groups in total. The third kappa shape index (κ3) is 4.11. The molecule has 0 spiro atoms. The maximum atomic E-state index is 13.5. The number of carbonyl (C=O) groups excluding carboxylic acids is 2. The molecular weight excluding hydrogens is 362 g/mol. The van der Waals surface area contributed by atoms with Crippen LogP contribution in [-0.4, -0.2) is 63.4 Å². The molecule has 0 aromatic heterocycles. The van der Waals surface area contributed by atoms with Crippen LogP contribution in [0.2, 0.25) is 0 Å². The minimum absolute atomic E-state index is 0.266. The van der Waals surface area contributed by atoms with Gasteiger partial charge in [-0.05, 0) is 39.2 Å². The number of hydrogen-bond donors (Lipinski definition) is 2. The molecule has 2 amide bonds. The van der Waals surface area contributed by atoms with Gasteiger partial charge in [-0.25, -0.2) is 14.6 Å². The minimum atomic E-state index is -1.25. The van der Waals surface area contributed by atoms with E-state index in [1.807, 2.05) is 30.3 Å². The molecule has 2 heterocycles. The third-order valence-corrected chi connectivity index (χ3v) is 5.05. The second kappa shape index (κ2) is 7.43. The number of aliphatic carboxylic acids is 1. The second-order valence-electron chi connectivity index (χ2n) is 8.37. The van der Waals surface area contributed by atoms with Gasteiger partial charge in [0.25, 0.3) is 5.91 Å². The molecule has 2 aliphatic rings. The zero-order valence-corrected chi connectivity index (χ0v) is 16.5. The number of nitrogens with one attached hydrogen (secondary N) is 1. The molecule has 2 aliphatic heterocycles. The summed E-state index contributed by atoms with van der Waals surface area (Å²) in [6.07, 6.45) is 0.330. The van der Waals surface area contributed by atoms with Gasteiger partial charge in [0, 0.05) is 19.5 Å². The fraction of sp³-hybridized carbons (Fsp3) is 0.550. The third-order valence-electron chi connectivity index (χ3n) is 5.05. The number of carboxylic acids is 1. The van der Waals surface area contributed by atoms with Crippen LogP contribution in [0.3, 0.4) is 0 Å². The van der Waals surface area contributed by atoms with Crippen molar-refractivity contribution in [3.05, 3.63) is 35.9 Å². The first kappa shape index (κ1) is 20.1. The number of carbonyl (C=O) groups is 3. The molecule has 0 aliphatic carbocycles. The van der Waals surface area contributed by atoms with Gasteiger partial charge in [-0.2, -0.15) is 0 Å². The molecule has 28 heavy (non-hydrogen) atoms. The Hall–Kier alpha value is -2.61. The molecule has 0 saturated carbocycles. The number of hydrogen-bond acceptors (Lipinski definition) is 5. The predicted molar refractivity (Wildman–Crippen MR) is 101 cm³/mol. The maximum absolute atomic E-state index is 13.5. The van der Waals surface area contributed by atoms with Gasteiger partial charge in [-0.1, -0.05) is 30.3 Å². The number of alkyl carbamates (subject to hydrolysis) is 1. The van der Waals surface area contributed by atoms with Crippen molar-refractivity contribution >= 4 is 18.0 Å². The average molecular weight is 389 g/mol. The zero-order chi connectivity index (χ0) is 20.5. The number of rotatable bonds is 4. The van der Waals surface area contributed by atoms with Crippen molar-refractivity contribution in [1.29, 1.82) is 0 Å². The lowest BCUT2D eigenvalue weighted by Crippen LogP contribution is -2.69. The molecule has 2 fully saturated rings. The van der Waals surface area contributed by atoms with Crippen molar-refractivity contribution in [2.45, 2.75) is 57.2 Å². The number of amides is 2. The largest absolute Gasteiger partial charge is 0.480 e. The number of hydrazine groups is 1. The summed E-state index contributed by atoms with van der Waals surface area (Å²) in [5.74, 6) is -1.44. The Morgan fingerprint density at radius 3 is 2.54 bits per heavy atom. The first-order valence-corrected chi connectivity index (χ1v) is 9.48. The number of benzene rings is 1. The van der Waals surface area contributed by atoms with Crippen LogP contribution in [-0.2, 0) is 20.7 Å². The second-order valence-corrected chi connectivity index (χ2v) is 8.37. The van der Waals surface area contributed by atoms with Gasteiger partial charge in [0.05, 0.1) is 0 Å². The lowest BCUT2D eigenvalue weighted by atomic mass is 9.84. The molecule has 2 unspecified atom stereocenters. The number of carboxylic acid groups (broad SMARTS) is 1. The van der Waals surface area contributed by atoms with E-state index in [9.17, 15) is 19.5 Å². The summed E-state index contributed by atoms with van der Waals surface area (Å²) in [4.78, 5) is 37.7. The van der Waals surface area contributed by atoms with Crippen molar-refractivity contribution in [3.63, 3.8) is 0 Å². The van der Waals surface area contributed by atoms with E-state index in [1.54, 1.807) is 25.8 Å². The monoisotopic (exact) mass is 389 g/mol. The van der Waals surface area contributed by atoms with Gasteiger partial charge in [0.1, 0.15) is 17.2 Å². The summed E-state index contributed by atoms with van der Waals surface area (Å²) >= 11 is 0. The molecule has 0 radical (unpaired) electrons. The molecule has 0 bridgehead atoms. The van der Waals surface area contributed by atoms with Gasteiger partial charge in [-0.3, -0.25) is 9.80 Å². The van der Waals surface area contributed by atoms with Crippen molar-refractivity contribution in [1.82, 2.24) is 15.3 Å². The number of nitrogens with zero attached hydrogens (tertiary/aromatic N) is 2. The summed E-state index contributed by atoms with van der Waals surface area (Å²) < 4.78 is 5.39. The van der Waals surface area contributed by atoms with Gasteiger partial charge < -0.3 is 15.2 Å². The van der Waals surface area contributed by atoms with Crippen molar-refractivity contribution in [2.24, 2.45) is 0 Å². The van der Waals surface area contributed by atoms with E-state index in [0.29, 0.717) is 25.9 Å². The van der Waals surface area contributed by atoms with Crippen LogP contribution in [0.25, 0.3) is 0 Å². The van der Waals surface area contributed by atoms with Gasteiger partial charge >= 0.3 is 12.1 Å². The van der Waals surface area contributed by atoms with Gasteiger partial charge in [0.15, 0.2) is 0 Å². The molecular formula is C20H27N3O5. The van der Waals surface area contributed by atoms with E-state index in [-0.39, 0.29) is 6.42 Å². The van der Waals surface area contributed by atoms with Crippen molar-refractivity contribution < 1.29 is 24.2 Å². The van der Waals surface area contributed by atoms with Crippen LogP contribution >= 0.6 is 0 Å². The molecule has 2 saturated heterocycles. The smallest absolute Gasteiger partial charge is 0.408 e. The summed E-state index contributed by atoms with van der Waals surface area (Å²) in [6, 6.07) is 8.47. The Balaban J connectivity index is 1.92. The van der Waals surface area contributed by atoms with Crippen molar-refractivity contribution in [2.75, 3.05) is 13.1 Å². The number of fused-ring (bicyclic) bond motifs is 1. The maximum Gasteiger partial charge on any atom is 0.408 e. The van der Waals surface area contributed by atoms with Crippen LogP contribution in [0, 0.1) is 0 Å². The highest BCUT2D eigenvalue weighted by atomic mass is 16.6. The molecule has 2 atom stereocenters. The summed E-state index contributed by atoms with van der Waals surface area (Å²) in [7, 11) is 0. The fourth-order valence-electron chi connectivity index (χ4n) is 3.83. The Bertz CT molecular complexity index is 761. The average Bonchev–Trinajstić information content (AvgIpc) is 3.02. The van der Waals surface area contributed by atoms with E-state index >= 15 is 0 Å². The minimum Gasteiger partial charge on any atom is -0.480 e. The van der Waals surface area contributed by atoms with Crippen LogP contribution in [0.15, 0.2) is 30.3 Å². The Morgan fingerprint density at radius 1 is 1.25 bits per heavy atom. The van der Waals surface area contributed by atoms with Crippen molar-refractivity contribution in [3.8, 4) is 0 Å². The SMILES string of the molecule is CC(C)(C)OC(=O)NC1(Cc2ccccc2)CCN2CCC(C(=O)O)N2C1=O. The van der Waals surface area contributed by atoms with Crippen LogP contribution < -0.4 is 5.32 Å². The standard InChI is InChI=1S/C20H27N3O5/c1-19(2,3)28-18(27)21-20(13-14-7-5-4-6-8-14)10-12-22-11-9-15(16(24)25)23(22)17(20)26/h4-8,15H,9-13H2,1-3H3,(H,21,27)(H,24,25). The lowest BCUT2D eigenvalue weighted by molar-refractivity contribution is -0.171. The van der Waals surface area contributed by atoms with E-state index in [0.717, 1.165) is 5.56 Å². The summed E-state index contributed by atoms with van der Waals surface area (Å²) in [5, 5.41) is 15.4. The Morgan fingerprint density at radius 2 is 1.93 bits per heavy atom. The molecule has 8 heteroatoms. The first-order valence-electron chi connectivity index (χ1n) is 9.48. The summed E-state index contributed by atoms with van der Waals surface area (Å²) in [5.41, 5.74) is -1.08. The predicted octanol–water partition coefficient (Wildman–Crippen LogP) is 1.80. The van der Waals surface area contributed by atoms with Crippen LogP contribution in [0.4, 0.5) is 4.79 Å². The highest BCUT2D eigenvalue weighted by Gasteiger charge is 2.53. The van der Waals surface area contributed by atoms with Crippen LogP contribution in [0.5, 0.6) is 0 Å². The Labute approximate surface area is 164 Å². The topological polar surface area (TPSA) is 99.2 Å². The van der Waals surface area contributed by atoms with E-state index in [4.69, 9.17) is 4.74 Å². The molecule has 8 nitrogen and oxygen atoms in total. The summed E-state index contributed by atoms with van der Waals surface area (Å²) in [6.45, 7) is 6.25. The number of ether oxygens (including phenoxy) is 1. The fourth-order valence-corrected chi connectivity index (χ4v) is 3.83. The molecule has 152 valence electrons. The zero-order valence-electron chi connectivity index (χ0n) is 16.5. The molecule has 1 aromatic carbocycles. The van der Waals surface area contributed by atoms with Crippen LogP contribution in [0.1, 0.15) is 39.2 Å². The first-order chi connectivity index (χ1) is 13.1. The lowest BCUT2D eigenvalue weighted by Gasteiger charge is -2.46. The van der Waals surface area contributed by atoms with E-state index < -0.39 is 35.2 Å². The molecule has 3 rings (SSSR count). The highest BCUT2D eigenvalue weighted by Crippen LogP contribution is 2.33. The van der Waals surface area contributed by atoms with Gasteiger partial charge in [0.2, 0.25) is 0 Å². The quantitative estimate of drug-likeness (QED) is 0.815. The Kier molecular flexibility index (Phi) is 5.34. The van der Waals surface area contributed by atoms with E-state index in [2.05, 4.69) is 5.32 Å². The van der Waals surface area contributed by atoms with E-state index in [1.165, 1.54) is 5.01 Å².